The van der Waals surface area contributed by atoms with Gasteiger partial charge in [-0.15, -0.1) is 0 Å². The van der Waals surface area contributed by atoms with E-state index >= 15 is 0 Å². The summed E-state index contributed by atoms with van der Waals surface area (Å²) in [6.45, 7) is 0.603. The van der Waals surface area contributed by atoms with Crippen LogP contribution in [0.25, 0.3) is 11.1 Å². The molecule has 0 aliphatic heterocycles. The van der Waals surface area contributed by atoms with Crippen molar-refractivity contribution in [2.45, 2.75) is 43.7 Å². The summed E-state index contributed by atoms with van der Waals surface area (Å²) in [6, 6.07) is 23.6. The fourth-order valence-electron chi connectivity index (χ4n) is 4.89. The second-order valence-electron chi connectivity index (χ2n) is 9.46. The minimum atomic E-state index is -0.911. The molecule has 0 bridgehead atoms. The molecular formula is C30H34N4O4. The van der Waals surface area contributed by atoms with Gasteiger partial charge in [-0.2, -0.15) is 0 Å². The number of fused-ring (bicyclic) bond motifs is 3. The number of amides is 3. The summed E-state index contributed by atoms with van der Waals surface area (Å²) in [6.07, 6.45) is 1.22. The molecule has 0 unspecified atom stereocenters. The van der Waals surface area contributed by atoms with Crippen LogP contribution in [0.15, 0.2) is 78.9 Å². The number of alkyl carbamates (subject to hydrolysis) is 1. The Hall–Kier alpha value is -4.17. The van der Waals surface area contributed by atoms with Crippen LogP contribution in [0.5, 0.6) is 0 Å². The fourth-order valence-corrected chi connectivity index (χ4v) is 4.89. The molecular weight excluding hydrogens is 480 g/mol. The van der Waals surface area contributed by atoms with E-state index in [4.69, 9.17) is 16.2 Å². The largest absolute Gasteiger partial charge is 0.449 e. The van der Waals surface area contributed by atoms with E-state index < -0.39 is 30.0 Å². The van der Waals surface area contributed by atoms with Crippen LogP contribution in [0, 0.1) is 0 Å². The highest BCUT2D eigenvalue weighted by Gasteiger charge is 2.30. The lowest BCUT2D eigenvalue weighted by atomic mass is 9.98. The van der Waals surface area contributed by atoms with Gasteiger partial charge in [0.1, 0.15) is 18.7 Å². The average Bonchev–Trinajstić information content (AvgIpc) is 3.25. The number of ether oxygens (including phenoxy) is 1. The van der Waals surface area contributed by atoms with Crippen LogP contribution in [-0.2, 0) is 20.7 Å². The Balaban J connectivity index is 1.40. The Morgan fingerprint density at radius 2 is 1.39 bits per heavy atom. The van der Waals surface area contributed by atoms with Crippen molar-refractivity contribution in [2.75, 3.05) is 13.2 Å². The van der Waals surface area contributed by atoms with Gasteiger partial charge in [0, 0.05) is 12.3 Å². The van der Waals surface area contributed by atoms with E-state index in [2.05, 4.69) is 22.8 Å². The van der Waals surface area contributed by atoms with Crippen molar-refractivity contribution in [3.05, 3.63) is 95.6 Å². The van der Waals surface area contributed by atoms with Crippen LogP contribution in [-0.4, -0.2) is 43.1 Å². The van der Waals surface area contributed by atoms with E-state index in [1.165, 1.54) is 0 Å². The Bertz CT molecular complexity index is 1220. The van der Waals surface area contributed by atoms with E-state index in [1.54, 1.807) is 0 Å². The van der Waals surface area contributed by atoms with Crippen LogP contribution in [0.1, 0.15) is 41.9 Å². The zero-order chi connectivity index (χ0) is 26.9. The molecule has 1 aliphatic carbocycles. The van der Waals surface area contributed by atoms with Crippen molar-refractivity contribution in [3.8, 4) is 11.1 Å². The van der Waals surface area contributed by atoms with Crippen LogP contribution < -0.4 is 22.1 Å². The van der Waals surface area contributed by atoms with Gasteiger partial charge in [0.2, 0.25) is 11.8 Å². The Morgan fingerprint density at radius 1 is 0.789 bits per heavy atom. The van der Waals surface area contributed by atoms with Gasteiger partial charge < -0.3 is 26.8 Å². The molecule has 4 rings (SSSR count). The maximum absolute atomic E-state index is 13.1. The van der Waals surface area contributed by atoms with Crippen molar-refractivity contribution in [1.29, 1.82) is 0 Å². The second-order valence-corrected chi connectivity index (χ2v) is 9.46. The topological polar surface area (TPSA) is 137 Å². The molecule has 3 aromatic carbocycles. The number of nitrogens with two attached hydrogens (primary N) is 2. The SMILES string of the molecule is NCCCC[C@H](NC(=O)OCC1c2ccccc2-c2ccccc21)C(=O)N[C@@H](Cc1ccccc1)C(N)=O. The first-order valence-electron chi connectivity index (χ1n) is 12.9. The molecule has 0 fully saturated rings. The number of hydrogen-bond donors (Lipinski definition) is 4. The predicted octanol–water partition coefficient (Wildman–Crippen LogP) is 3.24. The maximum atomic E-state index is 13.1. The molecule has 3 aromatic rings. The number of benzene rings is 3. The number of unbranched alkanes of at least 4 members (excludes halogenated alkanes) is 1. The predicted molar refractivity (Wildman–Crippen MR) is 146 cm³/mol. The molecule has 8 heteroatoms. The van der Waals surface area contributed by atoms with Crippen molar-refractivity contribution in [3.63, 3.8) is 0 Å². The highest BCUT2D eigenvalue weighted by Crippen LogP contribution is 2.44. The van der Waals surface area contributed by atoms with E-state index in [1.807, 2.05) is 66.7 Å². The van der Waals surface area contributed by atoms with Gasteiger partial charge in [-0.3, -0.25) is 9.59 Å². The van der Waals surface area contributed by atoms with Gasteiger partial charge in [-0.1, -0.05) is 78.9 Å². The van der Waals surface area contributed by atoms with E-state index in [0.29, 0.717) is 25.8 Å². The van der Waals surface area contributed by atoms with Gasteiger partial charge in [0.15, 0.2) is 0 Å². The summed E-state index contributed by atoms with van der Waals surface area (Å²) >= 11 is 0. The molecule has 2 atom stereocenters. The number of hydrogen-bond acceptors (Lipinski definition) is 5. The minimum absolute atomic E-state index is 0.0946. The highest BCUT2D eigenvalue weighted by molar-refractivity contribution is 5.91. The van der Waals surface area contributed by atoms with Gasteiger partial charge in [-0.25, -0.2) is 4.79 Å². The second kappa shape index (κ2) is 12.9. The standard InChI is InChI=1S/C30H34N4O4/c31-17-9-8-16-26(29(36)33-27(28(32)35)18-20-10-2-1-3-11-20)34-30(37)38-19-25-23-14-6-4-12-21(23)22-13-5-7-15-24(22)25/h1-7,10-15,25-27H,8-9,16-19,31H2,(H2,32,35)(H,33,36)(H,34,37)/t26-,27-/m0/s1. The molecule has 38 heavy (non-hydrogen) atoms. The normalized spacial score (nSPS) is 13.6. The first-order chi connectivity index (χ1) is 18.5. The smallest absolute Gasteiger partial charge is 0.407 e. The lowest BCUT2D eigenvalue weighted by Crippen LogP contribution is -2.53. The monoisotopic (exact) mass is 514 g/mol. The quantitative estimate of drug-likeness (QED) is 0.275. The molecule has 0 saturated carbocycles. The molecule has 6 N–H and O–H groups in total. The fraction of sp³-hybridized carbons (Fsp3) is 0.300. The summed E-state index contributed by atoms with van der Waals surface area (Å²) in [7, 11) is 0. The summed E-state index contributed by atoms with van der Waals surface area (Å²) in [4.78, 5) is 38.1. The molecule has 0 saturated heterocycles. The molecule has 0 heterocycles. The van der Waals surface area contributed by atoms with E-state index in [0.717, 1.165) is 27.8 Å². The molecule has 0 aromatic heterocycles. The van der Waals surface area contributed by atoms with Gasteiger partial charge in [-0.05, 0) is 53.6 Å². The summed E-state index contributed by atoms with van der Waals surface area (Å²) in [5, 5.41) is 5.40. The molecule has 0 spiro atoms. The third kappa shape index (κ3) is 6.58. The molecule has 1 aliphatic rings. The maximum Gasteiger partial charge on any atom is 0.407 e. The minimum Gasteiger partial charge on any atom is -0.449 e. The van der Waals surface area contributed by atoms with Gasteiger partial charge in [0.05, 0.1) is 0 Å². The number of carbonyl (C=O) groups excluding carboxylic acids is 3. The van der Waals surface area contributed by atoms with Crippen molar-refractivity contribution >= 4 is 17.9 Å². The van der Waals surface area contributed by atoms with E-state index in [9.17, 15) is 14.4 Å². The number of nitrogens with one attached hydrogen (secondary N) is 2. The van der Waals surface area contributed by atoms with Crippen LogP contribution in [0.2, 0.25) is 0 Å². The number of carbonyl (C=O) groups is 3. The zero-order valence-electron chi connectivity index (χ0n) is 21.3. The summed E-state index contributed by atoms with van der Waals surface area (Å²) < 4.78 is 5.63. The molecule has 3 amide bonds. The van der Waals surface area contributed by atoms with Crippen LogP contribution in [0.3, 0.4) is 0 Å². The average molecular weight is 515 g/mol. The molecule has 0 radical (unpaired) electrons. The van der Waals surface area contributed by atoms with Crippen molar-refractivity contribution in [1.82, 2.24) is 10.6 Å². The van der Waals surface area contributed by atoms with Gasteiger partial charge in [0.25, 0.3) is 0 Å². The molecule has 8 nitrogen and oxygen atoms in total. The first kappa shape index (κ1) is 26.9. The van der Waals surface area contributed by atoms with E-state index in [-0.39, 0.29) is 18.9 Å². The van der Waals surface area contributed by atoms with Gasteiger partial charge >= 0.3 is 6.09 Å². The Kier molecular flexibility index (Phi) is 9.11. The summed E-state index contributed by atoms with van der Waals surface area (Å²) in [5.41, 5.74) is 16.5. The Morgan fingerprint density at radius 3 is 2.00 bits per heavy atom. The van der Waals surface area contributed by atoms with Crippen LogP contribution >= 0.6 is 0 Å². The number of rotatable bonds is 12. The third-order valence-corrected chi connectivity index (χ3v) is 6.84. The lowest BCUT2D eigenvalue weighted by molar-refractivity contribution is -0.128. The van der Waals surface area contributed by atoms with Crippen molar-refractivity contribution in [2.24, 2.45) is 11.5 Å². The van der Waals surface area contributed by atoms with Crippen LogP contribution in [0.4, 0.5) is 4.79 Å². The molecule has 198 valence electrons. The highest BCUT2D eigenvalue weighted by atomic mass is 16.5. The summed E-state index contributed by atoms with van der Waals surface area (Å²) in [5.74, 6) is -1.23. The first-order valence-corrected chi connectivity index (χ1v) is 12.9. The Labute approximate surface area is 222 Å². The number of primary amides is 1. The lowest BCUT2D eigenvalue weighted by Gasteiger charge is -2.22. The third-order valence-electron chi connectivity index (χ3n) is 6.84. The zero-order valence-corrected chi connectivity index (χ0v) is 21.3. The van der Waals surface area contributed by atoms with Crippen molar-refractivity contribution < 1.29 is 19.1 Å².